The summed E-state index contributed by atoms with van der Waals surface area (Å²) < 4.78 is 3.98. The maximum absolute atomic E-state index is 2.58. The van der Waals surface area contributed by atoms with Crippen molar-refractivity contribution < 1.29 is 45.2 Å². The zero-order valence-corrected chi connectivity index (χ0v) is 25.7. The zero-order chi connectivity index (χ0) is 20.8. The minimum absolute atomic E-state index is 0. The van der Waals surface area contributed by atoms with E-state index < -0.39 is 20.4 Å². The predicted molar refractivity (Wildman–Crippen MR) is 126 cm³/mol. The van der Waals surface area contributed by atoms with Gasteiger partial charge in [-0.05, 0) is 0 Å². The van der Waals surface area contributed by atoms with Crippen LogP contribution >= 0.6 is 0 Å². The third-order valence-corrected chi connectivity index (χ3v) is 28.4. The number of hydrogen-bond donors (Lipinski definition) is 0. The SMILES string of the molecule is CCCCC[Si](CCCCC)=[Zr+2]([C]1=C(C)C(C)=CC1C)[C]1=C(C)C=C(C)C1C.[Cl-].[Cl-]. The van der Waals surface area contributed by atoms with E-state index in [1.165, 1.54) is 38.5 Å². The average molecular weight is 547 g/mol. The van der Waals surface area contributed by atoms with Gasteiger partial charge in [0.2, 0.25) is 0 Å². The van der Waals surface area contributed by atoms with Gasteiger partial charge in [0.05, 0.1) is 0 Å². The molecule has 0 amide bonds. The first-order valence-corrected chi connectivity index (χ1v) is 19.9. The number of halogens is 2. The second-order valence-corrected chi connectivity index (χ2v) is 24.1. The van der Waals surface area contributed by atoms with E-state index in [1.807, 2.05) is 6.56 Å². The van der Waals surface area contributed by atoms with Crippen LogP contribution in [0.2, 0.25) is 12.1 Å². The number of allylic oxidation sites excluding steroid dienone is 8. The van der Waals surface area contributed by atoms with E-state index in [0.717, 1.165) is 5.92 Å². The molecule has 0 aliphatic heterocycles. The fourth-order valence-electron chi connectivity index (χ4n) is 5.16. The molecule has 0 aromatic carbocycles. The maximum atomic E-state index is 2.58. The minimum Gasteiger partial charge on any atom is -1.00 e. The standard InChI is InChI=1S/C10H22Si.2C8H11.2ClH.Zr/c1-3-5-7-9-11-10-8-6-4-2;2*1-6-4-7(2)8(3)5-6;;;/h3-10H2,1-2H3;4,8H,1-3H3;4,6H,1-3H3;2*1H;/q;;;;;+2/p-2. The first-order valence-electron chi connectivity index (χ1n) is 11.8. The summed E-state index contributed by atoms with van der Waals surface area (Å²) in [6, 6.07) is 3.17. The van der Waals surface area contributed by atoms with Crippen LogP contribution in [0.3, 0.4) is 0 Å². The molecule has 0 spiro atoms. The van der Waals surface area contributed by atoms with Crippen molar-refractivity contribution in [1.29, 1.82) is 0 Å². The van der Waals surface area contributed by atoms with E-state index in [2.05, 4.69) is 67.5 Å². The van der Waals surface area contributed by atoms with E-state index in [9.17, 15) is 0 Å². The molecule has 0 radical (unpaired) electrons. The zero-order valence-electron chi connectivity index (χ0n) is 20.7. The molecule has 0 aromatic heterocycles. The van der Waals surface area contributed by atoms with Crippen LogP contribution in [0.15, 0.2) is 41.0 Å². The molecule has 0 aromatic rings. The number of unbranched alkanes of at least 4 members (excludes halogenated alkanes) is 4. The Kier molecular flexibility index (Phi) is 15.0. The number of hydrogen-bond acceptors (Lipinski definition) is 0. The van der Waals surface area contributed by atoms with Crippen molar-refractivity contribution in [2.45, 2.75) is 106 Å². The predicted octanol–water partition coefficient (Wildman–Crippen LogP) is 2.72. The molecule has 170 valence electrons. The summed E-state index contributed by atoms with van der Waals surface area (Å²) in [5.74, 6) is 1.43. The molecule has 2 unspecified atom stereocenters. The van der Waals surface area contributed by atoms with E-state index in [1.54, 1.807) is 34.4 Å². The summed E-state index contributed by atoms with van der Waals surface area (Å²) in [6.07, 6.45) is 13.7. The van der Waals surface area contributed by atoms with Crippen LogP contribution < -0.4 is 24.8 Å². The molecule has 2 atom stereocenters. The van der Waals surface area contributed by atoms with Gasteiger partial charge in [0.25, 0.3) is 0 Å². The summed E-state index contributed by atoms with van der Waals surface area (Å²) in [4.78, 5) is 0. The van der Waals surface area contributed by atoms with Crippen molar-refractivity contribution in [1.82, 2.24) is 0 Å². The summed E-state index contributed by atoms with van der Waals surface area (Å²) in [5, 5.41) is 0. The number of rotatable bonds is 10. The van der Waals surface area contributed by atoms with Crippen LogP contribution in [-0.2, 0) is 20.4 Å². The van der Waals surface area contributed by atoms with Crippen molar-refractivity contribution in [2.24, 2.45) is 11.8 Å². The quantitative estimate of drug-likeness (QED) is 0.292. The Bertz CT molecular complexity index is 728. The molecule has 0 heterocycles. The first-order chi connectivity index (χ1) is 13.3. The molecule has 30 heavy (non-hydrogen) atoms. The molecule has 2 aliphatic rings. The van der Waals surface area contributed by atoms with E-state index in [-0.39, 0.29) is 30.2 Å². The normalized spacial score (nSPS) is 20.4. The Balaban J connectivity index is 0.00000420. The van der Waals surface area contributed by atoms with Gasteiger partial charge in [0.15, 0.2) is 0 Å². The van der Waals surface area contributed by atoms with Gasteiger partial charge in [0, 0.05) is 0 Å². The van der Waals surface area contributed by atoms with Gasteiger partial charge in [-0.15, -0.1) is 0 Å². The van der Waals surface area contributed by atoms with Gasteiger partial charge < -0.3 is 24.8 Å². The molecule has 2 aliphatic carbocycles. The van der Waals surface area contributed by atoms with Gasteiger partial charge in [-0.1, -0.05) is 0 Å². The molecule has 0 N–H and O–H groups in total. The minimum atomic E-state index is -1.85. The van der Waals surface area contributed by atoms with Crippen LogP contribution in [-0.4, -0.2) is 5.43 Å². The van der Waals surface area contributed by atoms with Crippen molar-refractivity contribution in [3.63, 3.8) is 0 Å². The Hall–Kier alpha value is 0.640. The molecule has 0 fully saturated rings. The topological polar surface area (TPSA) is 0 Å². The van der Waals surface area contributed by atoms with E-state index in [0.29, 0.717) is 5.92 Å². The Labute approximate surface area is 208 Å². The second-order valence-electron chi connectivity index (χ2n) is 9.28. The van der Waals surface area contributed by atoms with Crippen molar-refractivity contribution in [3.8, 4) is 0 Å². The van der Waals surface area contributed by atoms with Crippen LogP contribution in [0.1, 0.15) is 93.9 Å². The average Bonchev–Trinajstić information content (AvgIpc) is 3.04. The monoisotopic (exact) mass is 544 g/mol. The molecular formula is C26H44Cl2SiZr. The fourth-order valence-corrected chi connectivity index (χ4v) is 31.1. The largest absolute Gasteiger partial charge is 1.00 e. The van der Waals surface area contributed by atoms with Gasteiger partial charge in [-0.2, -0.15) is 0 Å². The van der Waals surface area contributed by atoms with Crippen molar-refractivity contribution in [3.05, 3.63) is 41.0 Å². The second kappa shape index (κ2) is 14.7. The fraction of sp³-hybridized carbons (Fsp3) is 0.692. The first kappa shape index (κ1) is 30.6. The summed E-state index contributed by atoms with van der Waals surface area (Å²) >= 11 is -1.85. The molecule has 4 heteroatoms. The van der Waals surface area contributed by atoms with Crippen molar-refractivity contribution in [2.75, 3.05) is 0 Å². The maximum Gasteiger partial charge on any atom is -1.00 e. The Morgan fingerprint density at radius 1 is 0.833 bits per heavy atom. The van der Waals surface area contributed by atoms with Crippen LogP contribution in [0.4, 0.5) is 0 Å². The molecule has 0 saturated carbocycles. The molecule has 0 nitrogen and oxygen atoms in total. The third-order valence-electron chi connectivity index (χ3n) is 6.99. The smallest absolute Gasteiger partial charge is 1.00 e. The van der Waals surface area contributed by atoms with Crippen LogP contribution in [0.25, 0.3) is 0 Å². The molecule has 2 rings (SSSR count). The van der Waals surface area contributed by atoms with Crippen LogP contribution in [0.5, 0.6) is 0 Å². The summed E-state index contributed by atoms with van der Waals surface area (Å²) in [6.45, 7) is 19.4. The van der Waals surface area contributed by atoms with Crippen molar-refractivity contribution >= 4 is 5.43 Å². The van der Waals surface area contributed by atoms with Gasteiger partial charge >= 0.3 is 185 Å². The summed E-state index contributed by atoms with van der Waals surface area (Å²) in [7, 11) is 0. The third kappa shape index (κ3) is 7.33. The molecule has 0 saturated heterocycles. The van der Waals surface area contributed by atoms with Crippen LogP contribution in [0, 0.1) is 11.8 Å². The molecular weight excluding hydrogens is 503 g/mol. The van der Waals surface area contributed by atoms with E-state index >= 15 is 0 Å². The molecule has 0 bridgehead atoms. The van der Waals surface area contributed by atoms with Gasteiger partial charge in [-0.25, -0.2) is 0 Å². The Morgan fingerprint density at radius 3 is 1.73 bits per heavy atom. The van der Waals surface area contributed by atoms with Gasteiger partial charge in [0.1, 0.15) is 0 Å². The Morgan fingerprint density at radius 2 is 1.37 bits per heavy atom. The van der Waals surface area contributed by atoms with E-state index in [4.69, 9.17) is 0 Å². The van der Waals surface area contributed by atoms with Gasteiger partial charge in [-0.3, -0.25) is 0 Å². The summed E-state index contributed by atoms with van der Waals surface area (Å²) in [5.41, 5.74) is 6.33.